The average Bonchev–Trinajstić information content (AvgIpc) is 1.99. The maximum Gasteiger partial charge on any atom is 0.246 e. The number of aryl methyl sites for hydroxylation is 3. The van der Waals surface area contributed by atoms with Gasteiger partial charge in [0.2, 0.25) is 9.84 Å². The van der Waals surface area contributed by atoms with Crippen LogP contribution in [0.3, 0.4) is 0 Å². The fraction of sp³-hybridized carbons (Fsp3) is 0.273. The van der Waals surface area contributed by atoms with Crippen LogP contribution < -0.4 is 0 Å². The van der Waals surface area contributed by atoms with Crippen molar-refractivity contribution >= 4 is 32.4 Å². The zero-order chi connectivity index (χ0) is 11.6. The Bertz CT molecular complexity index is 525. The molecular formula is C11H11IO2S. The van der Waals surface area contributed by atoms with Crippen LogP contribution in [0.2, 0.25) is 0 Å². The minimum absolute atomic E-state index is 0.345. The summed E-state index contributed by atoms with van der Waals surface area (Å²) in [6, 6.07) is 3.71. The summed E-state index contributed by atoms with van der Waals surface area (Å²) < 4.78 is 26.0. The van der Waals surface area contributed by atoms with Crippen molar-refractivity contribution in [3.05, 3.63) is 28.8 Å². The Kier molecular flexibility index (Phi) is 3.79. The molecule has 4 heteroatoms. The molecule has 0 heterocycles. The second-order valence-corrected chi connectivity index (χ2v) is 5.59. The summed E-state index contributed by atoms with van der Waals surface area (Å²) in [5.74, 6) is 0. The van der Waals surface area contributed by atoms with E-state index in [2.05, 4.69) is 9.18 Å². The molecule has 1 aromatic carbocycles. The highest BCUT2D eigenvalue weighted by molar-refractivity contribution is 14.1. The largest absolute Gasteiger partial charge is 0.246 e. The lowest BCUT2D eigenvalue weighted by molar-refractivity contribution is 0.605. The summed E-state index contributed by atoms with van der Waals surface area (Å²) in [6.07, 6.45) is 0. The van der Waals surface area contributed by atoms with E-state index in [0.29, 0.717) is 4.90 Å². The van der Waals surface area contributed by atoms with Gasteiger partial charge in [-0.3, -0.25) is 0 Å². The first-order chi connectivity index (χ1) is 6.88. The van der Waals surface area contributed by atoms with E-state index in [-0.39, 0.29) is 0 Å². The summed E-state index contributed by atoms with van der Waals surface area (Å²) in [4.78, 5) is 0.345. The van der Waals surface area contributed by atoms with E-state index in [1.807, 2.05) is 19.1 Å². The highest BCUT2D eigenvalue weighted by atomic mass is 127. The predicted molar refractivity (Wildman–Crippen MR) is 69.6 cm³/mol. The smallest absolute Gasteiger partial charge is 0.210 e. The van der Waals surface area contributed by atoms with E-state index >= 15 is 0 Å². The quantitative estimate of drug-likeness (QED) is 0.585. The molecule has 0 radical (unpaired) electrons. The highest BCUT2D eigenvalue weighted by Crippen LogP contribution is 2.22. The molecule has 80 valence electrons. The van der Waals surface area contributed by atoms with E-state index in [0.717, 1.165) is 16.7 Å². The Morgan fingerprint density at radius 3 is 2.00 bits per heavy atom. The normalized spacial score (nSPS) is 10.7. The van der Waals surface area contributed by atoms with Crippen LogP contribution in [0.25, 0.3) is 0 Å². The van der Waals surface area contributed by atoms with Crippen LogP contribution in [-0.4, -0.2) is 8.42 Å². The number of rotatable bonds is 1. The van der Waals surface area contributed by atoms with Gasteiger partial charge in [-0.15, -0.1) is 0 Å². The maximum absolute atomic E-state index is 11.8. The topological polar surface area (TPSA) is 34.1 Å². The molecule has 0 amide bonds. The zero-order valence-corrected chi connectivity index (χ0v) is 11.7. The summed E-state index contributed by atoms with van der Waals surface area (Å²) in [7, 11) is -3.46. The Hall–Kier alpha value is -0.540. The third-order valence-corrected chi connectivity index (χ3v) is 4.23. The van der Waals surface area contributed by atoms with Gasteiger partial charge in [0.15, 0.2) is 0 Å². The van der Waals surface area contributed by atoms with E-state index in [1.54, 1.807) is 36.4 Å². The number of hydrogen-bond donors (Lipinski definition) is 0. The van der Waals surface area contributed by atoms with Gasteiger partial charge in [-0.2, -0.15) is 0 Å². The molecule has 0 bridgehead atoms. The van der Waals surface area contributed by atoms with E-state index in [1.165, 1.54) is 0 Å². The Morgan fingerprint density at radius 2 is 1.60 bits per heavy atom. The summed E-state index contributed by atoms with van der Waals surface area (Å²) >= 11 is 1.73. The molecule has 0 saturated heterocycles. The number of sulfone groups is 1. The SMILES string of the molecule is Cc1cc(C)c(S(=O)(=O)C#CI)c(C)c1. The monoisotopic (exact) mass is 334 g/mol. The van der Waals surface area contributed by atoms with Gasteiger partial charge in [-0.1, -0.05) is 17.7 Å². The summed E-state index contributed by atoms with van der Waals surface area (Å²) in [5, 5.41) is 2.25. The third-order valence-electron chi connectivity index (χ3n) is 2.05. The number of hydrogen-bond acceptors (Lipinski definition) is 2. The van der Waals surface area contributed by atoms with Gasteiger partial charge in [0.1, 0.15) is 0 Å². The molecule has 0 aromatic heterocycles. The van der Waals surface area contributed by atoms with Gasteiger partial charge in [0.25, 0.3) is 0 Å². The van der Waals surface area contributed by atoms with Crippen molar-refractivity contribution in [2.45, 2.75) is 25.7 Å². The first-order valence-electron chi connectivity index (χ1n) is 4.34. The Labute approximate surface area is 104 Å². The number of benzene rings is 1. The first-order valence-corrected chi connectivity index (χ1v) is 6.90. The molecule has 0 fully saturated rings. The van der Waals surface area contributed by atoms with Crippen LogP contribution in [0.1, 0.15) is 16.7 Å². The van der Waals surface area contributed by atoms with Gasteiger partial charge in [-0.25, -0.2) is 8.42 Å². The zero-order valence-electron chi connectivity index (χ0n) is 8.76. The maximum atomic E-state index is 11.8. The second-order valence-electron chi connectivity index (χ2n) is 3.43. The molecule has 0 atom stereocenters. The van der Waals surface area contributed by atoms with E-state index in [4.69, 9.17) is 0 Å². The molecule has 0 saturated carbocycles. The van der Waals surface area contributed by atoms with Crippen LogP contribution in [-0.2, 0) is 9.84 Å². The van der Waals surface area contributed by atoms with Crippen molar-refractivity contribution in [1.29, 1.82) is 0 Å². The minimum Gasteiger partial charge on any atom is -0.210 e. The van der Waals surface area contributed by atoms with Gasteiger partial charge >= 0.3 is 0 Å². The lowest BCUT2D eigenvalue weighted by atomic mass is 10.1. The Balaban J connectivity index is 3.57. The molecule has 1 rings (SSSR count). The van der Waals surface area contributed by atoms with Crippen LogP contribution in [0.15, 0.2) is 17.0 Å². The average molecular weight is 334 g/mol. The molecule has 0 aliphatic rings. The van der Waals surface area contributed by atoms with Gasteiger partial charge in [-0.05, 0) is 35.8 Å². The minimum atomic E-state index is -3.46. The molecule has 0 aliphatic carbocycles. The summed E-state index contributed by atoms with van der Waals surface area (Å²) in [6.45, 7) is 5.53. The molecule has 0 aliphatic heterocycles. The van der Waals surface area contributed by atoms with Crippen LogP contribution in [0.5, 0.6) is 0 Å². The first kappa shape index (κ1) is 12.5. The molecule has 0 spiro atoms. The van der Waals surface area contributed by atoms with Crippen molar-refractivity contribution < 1.29 is 8.42 Å². The summed E-state index contributed by atoms with van der Waals surface area (Å²) in [5.41, 5.74) is 2.57. The molecular weight excluding hydrogens is 323 g/mol. The lowest BCUT2D eigenvalue weighted by Gasteiger charge is -2.07. The second kappa shape index (κ2) is 4.54. The Morgan fingerprint density at radius 1 is 1.13 bits per heavy atom. The molecule has 0 N–H and O–H groups in total. The van der Waals surface area contributed by atoms with Crippen molar-refractivity contribution in [2.75, 3.05) is 0 Å². The fourth-order valence-electron chi connectivity index (χ4n) is 1.69. The molecule has 15 heavy (non-hydrogen) atoms. The van der Waals surface area contributed by atoms with E-state index < -0.39 is 9.84 Å². The van der Waals surface area contributed by atoms with Gasteiger partial charge in [0.05, 0.1) is 4.90 Å². The fourth-order valence-corrected chi connectivity index (χ4v) is 3.73. The standard InChI is InChI=1S/C11H11IO2S/c1-8-6-9(2)11(10(3)7-8)15(13,14)5-4-12/h6-7H,1-3H3. The molecule has 1 aromatic rings. The molecule has 0 unspecified atom stereocenters. The van der Waals surface area contributed by atoms with Crippen molar-refractivity contribution in [3.63, 3.8) is 0 Å². The van der Waals surface area contributed by atoms with Crippen molar-refractivity contribution in [2.24, 2.45) is 0 Å². The highest BCUT2D eigenvalue weighted by Gasteiger charge is 2.17. The van der Waals surface area contributed by atoms with Crippen LogP contribution in [0.4, 0.5) is 0 Å². The van der Waals surface area contributed by atoms with Gasteiger partial charge in [0, 0.05) is 27.8 Å². The van der Waals surface area contributed by atoms with Crippen LogP contribution >= 0.6 is 22.6 Å². The molecule has 2 nitrogen and oxygen atoms in total. The van der Waals surface area contributed by atoms with Crippen molar-refractivity contribution in [3.8, 4) is 9.18 Å². The van der Waals surface area contributed by atoms with Crippen molar-refractivity contribution in [1.82, 2.24) is 0 Å². The predicted octanol–water partition coefficient (Wildman–Crippen LogP) is 2.74. The number of halogens is 1. The van der Waals surface area contributed by atoms with Crippen LogP contribution in [0, 0.1) is 30.0 Å². The van der Waals surface area contributed by atoms with E-state index in [9.17, 15) is 8.42 Å². The van der Waals surface area contributed by atoms with Gasteiger partial charge < -0.3 is 0 Å². The third kappa shape index (κ3) is 2.73. The lowest BCUT2D eigenvalue weighted by Crippen LogP contribution is -2.03.